The smallest absolute Gasteiger partial charge is 0.231 e. The van der Waals surface area contributed by atoms with Crippen LogP contribution >= 0.6 is 0 Å². The van der Waals surface area contributed by atoms with E-state index in [0.29, 0.717) is 12.7 Å². The number of benzene rings is 1. The van der Waals surface area contributed by atoms with Crippen molar-refractivity contribution in [3.8, 4) is 11.5 Å². The molecule has 0 saturated carbocycles. The highest BCUT2D eigenvalue weighted by molar-refractivity contribution is 5.79. The van der Waals surface area contributed by atoms with Crippen molar-refractivity contribution in [2.75, 3.05) is 46.6 Å². The Morgan fingerprint density at radius 1 is 1.20 bits per heavy atom. The molecule has 2 aliphatic rings. The summed E-state index contributed by atoms with van der Waals surface area (Å²) in [5, 5.41) is 6.83. The van der Waals surface area contributed by atoms with E-state index in [2.05, 4.69) is 39.6 Å². The van der Waals surface area contributed by atoms with Crippen LogP contribution in [0.25, 0.3) is 0 Å². The van der Waals surface area contributed by atoms with Crippen LogP contribution in [0.2, 0.25) is 0 Å². The number of fused-ring (bicyclic) bond motifs is 1. The second kappa shape index (κ2) is 8.94. The normalized spacial score (nSPS) is 18.4. The number of ether oxygens (including phenoxy) is 2. The van der Waals surface area contributed by atoms with Gasteiger partial charge in [-0.1, -0.05) is 13.0 Å². The van der Waals surface area contributed by atoms with Crippen LogP contribution < -0.4 is 20.1 Å². The van der Waals surface area contributed by atoms with Gasteiger partial charge in [0.25, 0.3) is 0 Å². The lowest BCUT2D eigenvalue weighted by molar-refractivity contribution is 0.174. The Hall–Kier alpha value is -1.95. The Labute approximate surface area is 150 Å². The van der Waals surface area contributed by atoms with E-state index in [1.165, 1.54) is 38.0 Å². The summed E-state index contributed by atoms with van der Waals surface area (Å²) in [5.41, 5.74) is 1.23. The Kier molecular flexibility index (Phi) is 6.39. The Bertz CT molecular complexity index is 585. The highest BCUT2D eigenvalue weighted by Gasteiger charge is 2.15. The first-order valence-corrected chi connectivity index (χ1v) is 9.30. The van der Waals surface area contributed by atoms with Gasteiger partial charge in [0.05, 0.1) is 0 Å². The number of rotatable bonds is 7. The second-order valence-electron chi connectivity index (χ2n) is 6.93. The molecule has 0 aliphatic carbocycles. The van der Waals surface area contributed by atoms with Gasteiger partial charge >= 0.3 is 0 Å². The van der Waals surface area contributed by atoms with Gasteiger partial charge < -0.3 is 25.0 Å². The Balaban J connectivity index is 1.36. The lowest BCUT2D eigenvalue weighted by Gasteiger charge is -2.21. The third-order valence-electron chi connectivity index (χ3n) is 4.75. The van der Waals surface area contributed by atoms with Gasteiger partial charge in [0.1, 0.15) is 0 Å². The lowest BCUT2D eigenvalue weighted by Crippen LogP contribution is -2.42. The van der Waals surface area contributed by atoms with Crippen molar-refractivity contribution >= 4 is 5.96 Å². The summed E-state index contributed by atoms with van der Waals surface area (Å²) in [4.78, 5) is 6.87. The quantitative estimate of drug-likeness (QED) is 0.583. The molecule has 1 aromatic carbocycles. The number of hydrogen-bond acceptors (Lipinski definition) is 4. The molecule has 0 aromatic heterocycles. The minimum atomic E-state index is 0.323. The lowest BCUT2D eigenvalue weighted by atomic mass is 10.1. The average Bonchev–Trinajstić information content (AvgIpc) is 3.28. The number of nitrogens with one attached hydrogen (secondary N) is 2. The maximum Gasteiger partial charge on any atom is 0.231 e. The van der Waals surface area contributed by atoms with Gasteiger partial charge in [-0.2, -0.15) is 0 Å². The molecule has 1 atom stereocenters. The fourth-order valence-electron chi connectivity index (χ4n) is 3.38. The first-order chi connectivity index (χ1) is 12.2. The second-order valence-corrected chi connectivity index (χ2v) is 6.93. The minimum absolute atomic E-state index is 0.323. The van der Waals surface area contributed by atoms with Crippen molar-refractivity contribution in [1.82, 2.24) is 15.5 Å². The SMILES string of the molecule is CN=C(NCCc1ccc2c(c1)OCO2)NCC(C)CN1CCCC1. The third-order valence-corrected chi connectivity index (χ3v) is 4.75. The van der Waals surface area contributed by atoms with E-state index in [4.69, 9.17) is 9.47 Å². The van der Waals surface area contributed by atoms with Crippen molar-refractivity contribution in [3.05, 3.63) is 23.8 Å². The van der Waals surface area contributed by atoms with Gasteiger partial charge in [-0.3, -0.25) is 4.99 Å². The Morgan fingerprint density at radius 3 is 2.80 bits per heavy atom. The molecule has 0 amide bonds. The summed E-state index contributed by atoms with van der Waals surface area (Å²) in [5.74, 6) is 3.16. The average molecular weight is 346 g/mol. The van der Waals surface area contributed by atoms with E-state index < -0.39 is 0 Å². The van der Waals surface area contributed by atoms with E-state index in [0.717, 1.165) is 37.0 Å². The van der Waals surface area contributed by atoms with E-state index >= 15 is 0 Å². The van der Waals surface area contributed by atoms with Crippen molar-refractivity contribution < 1.29 is 9.47 Å². The first kappa shape index (κ1) is 17.9. The number of hydrogen-bond donors (Lipinski definition) is 2. The van der Waals surface area contributed by atoms with Crippen molar-refractivity contribution in [2.24, 2.45) is 10.9 Å². The maximum absolute atomic E-state index is 5.42. The molecule has 1 fully saturated rings. The molecule has 1 unspecified atom stereocenters. The predicted molar refractivity (Wildman–Crippen MR) is 100 cm³/mol. The summed E-state index contributed by atoms with van der Waals surface area (Å²) in [6, 6.07) is 6.12. The maximum atomic E-state index is 5.42. The topological polar surface area (TPSA) is 58.1 Å². The number of aliphatic imine (C=N–C) groups is 1. The van der Waals surface area contributed by atoms with E-state index in [1.54, 1.807) is 0 Å². The zero-order valence-electron chi connectivity index (χ0n) is 15.4. The molecule has 1 saturated heterocycles. The summed E-state index contributed by atoms with van der Waals surface area (Å²) in [6.45, 7) is 8.08. The van der Waals surface area contributed by atoms with Gasteiger partial charge in [0.2, 0.25) is 6.79 Å². The first-order valence-electron chi connectivity index (χ1n) is 9.30. The van der Waals surface area contributed by atoms with Crippen LogP contribution in [-0.4, -0.2) is 57.4 Å². The van der Waals surface area contributed by atoms with Gasteiger partial charge in [0.15, 0.2) is 17.5 Å². The van der Waals surface area contributed by atoms with Gasteiger partial charge in [-0.05, 0) is 56.0 Å². The van der Waals surface area contributed by atoms with Crippen molar-refractivity contribution in [3.63, 3.8) is 0 Å². The summed E-state index contributed by atoms with van der Waals surface area (Å²) in [7, 11) is 1.82. The number of nitrogens with zero attached hydrogens (tertiary/aromatic N) is 2. The van der Waals surface area contributed by atoms with Gasteiger partial charge in [-0.25, -0.2) is 0 Å². The predicted octanol–water partition coefficient (Wildman–Crippen LogP) is 1.85. The van der Waals surface area contributed by atoms with Crippen LogP contribution in [0.3, 0.4) is 0 Å². The van der Waals surface area contributed by atoms with Crippen LogP contribution in [-0.2, 0) is 6.42 Å². The molecule has 6 nitrogen and oxygen atoms in total. The van der Waals surface area contributed by atoms with E-state index in [1.807, 2.05) is 13.1 Å². The number of likely N-dealkylation sites (tertiary alicyclic amines) is 1. The van der Waals surface area contributed by atoms with Crippen LogP contribution in [0.5, 0.6) is 11.5 Å². The number of guanidine groups is 1. The van der Waals surface area contributed by atoms with Crippen molar-refractivity contribution in [2.45, 2.75) is 26.2 Å². The van der Waals surface area contributed by atoms with Crippen molar-refractivity contribution in [1.29, 1.82) is 0 Å². The van der Waals surface area contributed by atoms with Gasteiger partial charge in [0, 0.05) is 26.7 Å². The largest absolute Gasteiger partial charge is 0.454 e. The summed E-state index contributed by atoms with van der Waals surface area (Å²) >= 11 is 0. The van der Waals surface area contributed by atoms with Crippen LogP contribution in [0.15, 0.2) is 23.2 Å². The van der Waals surface area contributed by atoms with Crippen LogP contribution in [0.1, 0.15) is 25.3 Å². The molecule has 0 radical (unpaired) electrons. The third kappa shape index (κ3) is 5.26. The molecule has 138 valence electrons. The molecular weight excluding hydrogens is 316 g/mol. The zero-order chi connectivity index (χ0) is 17.5. The molecule has 1 aromatic rings. The summed E-state index contributed by atoms with van der Waals surface area (Å²) in [6.07, 6.45) is 3.62. The molecule has 2 N–H and O–H groups in total. The Morgan fingerprint density at radius 2 is 2.00 bits per heavy atom. The highest BCUT2D eigenvalue weighted by atomic mass is 16.7. The van der Waals surface area contributed by atoms with E-state index in [-0.39, 0.29) is 0 Å². The molecule has 2 aliphatic heterocycles. The summed E-state index contributed by atoms with van der Waals surface area (Å²) < 4.78 is 10.8. The minimum Gasteiger partial charge on any atom is -0.454 e. The van der Waals surface area contributed by atoms with Crippen LogP contribution in [0.4, 0.5) is 0 Å². The molecule has 25 heavy (non-hydrogen) atoms. The monoisotopic (exact) mass is 346 g/mol. The molecular formula is C19H30N4O2. The molecule has 3 rings (SSSR count). The van der Waals surface area contributed by atoms with Gasteiger partial charge in [-0.15, -0.1) is 0 Å². The molecule has 0 spiro atoms. The highest BCUT2D eigenvalue weighted by Crippen LogP contribution is 2.32. The fourth-order valence-corrected chi connectivity index (χ4v) is 3.38. The standard InChI is InChI=1S/C19H30N4O2/c1-15(13-23-9-3-4-10-23)12-22-19(20-2)21-8-7-16-5-6-17-18(11-16)25-14-24-17/h5-6,11,15H,3-4,7-10,12-14H2,1-2H3,(H2,20,21,22). The molecule has 6 heteroatoms. The fraction of sp³-hybridized carbons (Fsp3) is 0.632. The van der Waals surface area contributed by atoms with E-state index in [9.17, 15) is 0 Å². The molecule has 0 bridgehead atoms. The van der Waals surface area contributed by atoms with Crippen LogP contribution in [0, 0.1) is 5.92 Å². The zero-order valence-corrected chi connectivity index (χ0v) is 15.4. The molecule has 2 heterocycles.